The topological polar surface area (TPSA) is 120 Å². The van der Waals surface area contributed by atoms with Gasteiger partial charge in [0.2, 0.25) is 16.0 Å². The number of rotatable bonds is 8. The summed E-state index contributed by atoms with van der Waals surface area (Å²) in [7, 11) is -3.31. The molecule has 4 heterocycles. The Morgan fingerprint density at radius 3 is 2.51 bits per heavy atom. The van der Waals surface area contributed by atoms with E-state index in [1.807, 2.05) is 12.1 Å². The number of aromatic nitrogens is 4. The summed E-state index contributed by atoms with van der Waals surface area (Å²) in [4.78, 5) is 14.7. The van der Waals surface area contributed by atoms with Gasteiger partial charge < -0.3 is 14.8 Å². The van der Waals surface area contributed by atoms with Crippen LogP contribution in [0.5, 0.6) is 0 Å². The van der Waals surface area contributed by atoms with Crippen molar-refractivity contribution in [2.45, 2.75) is 44.3 Å². The quantitative estimate of drug-likeness (QED) is 0.423. The lowest BCUT2D eigenvalue weighted by atomic mass is 10.1. The summed E-state index contributed by atoms with van der Waals surface area (Å²) in [5.41, 5.74) is 0.493. The molecule has 218 valence electrons. The highest BCUT2D eigenvalue weighted by Gasteiger charge is 2.36. The van der Waals surface area contributed by atoms with Crippen molar-refractivity contribution in [1.29, 1.82) is 5.26 Å². The molecule has 10 nitrogen and oxygen atoms in total. The minimum atomic E-state index is -4.72. The number of anilines is 1. The lowest BCUT2D eigenvalue weighted by Crippen LogP contribution is -2.42. The summed E-state index contributed by atoms with van der Waals surface area (Å²) in [5.74, 6) is 0.000393. The van der Waals surface area contributed by atoms with Crippen LogP contribution in [-0.2, 0) is 22.6 Å². The molecule has 2 saturated heterocycles. The van der Waals surface area contributed by atoms with Gasteiger partial charge in [-0.25, -0.2) is 27.7 Å². The van der Waals surface area contributed by atoms with Crippen LogP contribution in [0.4, 0.5) is 19.1 Å². The molecule has 0 amide bonds. The van der Waals surface area contributed by atoms with E-state index in [0.29, 0.717) is 37.2 Å². The third-order valence-corrected chi connectivity index (χ3v) is 8.85. The van der Waals surface area contributed by atoms with Crippen molar-refractivity contribution in [1.82, 2.24) is 28.7 Å². The SMILES string of the molecule is CS(=O)(=O)N1CCC(Nc2ncc(C(F)(F)F)c(-c3cn(-c4ccc(CCN5CCCC5)cc4C#N)cn3)n2)CC1. The average molecular weight is 589 g/mol. The van der Waals surface area contributed by atoms with Gasteiger partial charge in [-0.1, -0.05) is 6.07 Å². The average Bonchev–Trinajstić information content (AvgIpc) is 3.64. The van der Waals surface area contributed by atoms with Gasteiger partial charge in [0.1, 0.15) is 29.3 Å². The monoisotopic (exact) mass is 588 g/mol. The standard InChI is InChI=1S/C27H31F3N8O2S/c1-41(39,40)38-12-7-21(8-13-38)34-26-32-16-22(27(28,29)30)25(35-26)23-17-37(18-33-23)24-5-4-19(14-20(24)15-31)6-11-36-9-2-3-10-36/h4-5,14,16-18,21H,2-3,6-13H2,1H3,(H,32,34,35). The molecule has 0 spiro atoms. The third-order valence-electron chi connectivity index (χ3n) is 7.55. The summed E-state index contributed by atoms with van der Waals surface area (Å²) in [6, 6.07) is 7.52. The van der Waals surface area contributed by atoms with Crippen LogP contribution in [0, 0.1) is 11.3 Å². The molecule has 0 atom stereocenters. The van der Waals surface area contributed by atoms with Gasteiger partial charge in [0, 0.05) is 38.1 Å². The van der Waals surface area contributed by atoms with Crippen LogP contribution in [0.2, 0.25) is 0 Å². The predicted octanol–water partition coefficient (Wildman–Crippen LogP) is 3.69. The van der Waals surface area contributed by atoms with Crippen molar-refractivity contribution >= 4 is 16.0 Å². The van der Waals surface area contributed by atoms with Crippen molar-refractivity contribution in [3.05, 3.63) is 53.6 Å². The van der Waals surface area contributed by atoms with Gasteiger partial charge in [0.25, 0.3) is 0 Å². The summed E-state index contributed by atoms with van der Waals surface area (Å²) < 4.78 is 68.2. The molecule has 2 aliphatic rings. The number of halogens is 3. The predicted molar refractivity (Wildman–Crippen MR) is 147 cm³/mol. The van der Waals surface area contributed by atoms with Crippen molar-refractivity contribution in [2.75, 3.05) is 44.3 Å². The molecule has 5 rings (SSSR count). The largest absolute Gasteiger partial charge is 0.420 e. The molecule has 0 saturated carbocycles. The van der Waals surface area contributed by atoms with Crippen LogP contribution in [0.15, 0.2) is 36.9 Å². The normalized spacial score (nSPS) is 17.5. The maximum absolute atomic E-state index is 13.9. The van der Waals surface area contributed by atoms with Gasteiger partial charge in [0.05, 0.1) is 17.5 Å². The van der Waals surface area contributed by atoms with E-state index in [1.54, 1.807) is 6.07 Å². The van der Waals surface area contributed by atoms with E-state index in [1.165, 1.54) is 34.2 Å². The fourth-order valence-electron chi connectivity index (χ4n) is 5.29. The fraction of sp³-hybridized carbons (Fsp3) is 0.481. The molecular weight excluding hydrogens is 557 g/mol. The second-order valence-electron chi connectivity index (χ2n) is 10.5. The molecule has 0 aliphatic carbocycles. The number of nitrogens with one attached hydrogen (secondary N) is 1. The summed E-state index contributed by atoms with van der Waals surface area (Å²) >= 11 is 0. The van der Waals surface area contributed by atoms with E-state index >= 15 is 0 Å². The van der Waals surface area contributed by atoms with Crippen molar-refractivity contribution in [3.8, 4) is 23.1 Å². The first-order valence-corrected chi connectivity index (χ1v) is 15.3. The van der Waals surface area contributed by atoms with Gasteiger partial charge >= 0.3 is 6.18 Å². The zero-order valence-electron chi connectivity index (χ0n) is 22.6. The van der Waals surface area contributed by atoms with Gasteiger partial charge in [-0.15, -0.1) is 0 Å². The number of sulfonamides is 1. The van der Waals surface area contributed by atoms with E-state index in [4.69, 9.17) is 0 Å². The van der Waals surface area contributed by atoms with E-state index in [9.17, 15) is 26.9 Å². The van der Waals surface area contributed by atoms with Crippen molar-refractivity contribution < 1.29 is 21.6 Å². The number of likely N-dealkylation sites (tertiary alicyclic amines) is 1. The molecule has 2 fully saturated rings. The molecule has 2 aromatic heterocycles. The number of benzene rings is 1. The van der Waals surface area contributed by atoms with Gasteiger partial charge in [0.15, 0.2) is 0 Å². The smallest absolute Gasteiger partial charge is 0.351 e. The minimum absolute atomic E-state index is 0.000393. The van der Waals surface area contributed by atoms with E-state index < -0.39 is 21.8 Å². The number of hydrogen-bond donors (Lipinski definition) is 1. The maximum atomic E-state index is 13.9. The Hall–Kier alpha value is -3.54. The fourth-order valence-corrected chi connectivity index (χ4v) is 6.17. The molecule has 41 heavy (non-hydrogen) atoms. The molecule has 3 aromatic rings. The summed E-state index contributed by atoms with van der Waals surface area (Å²) in [5, 5.41) is 12.8. The van der Waals surface area contributed by atoms with Crippen LogP contribution in [-0.4, -0.2) is 82.2 Å². The van der Waals surface area contributed by atoms with E-state index in [-0.39, 0.29) is 23.4 Å². The Morgan fingerprint density at radius 1 is 1.12 bits per heavy atom. The number of imidazole rings is 1. The van der Waals surface area contributed by atoms with Crippen molar-refractivity contribution in [3.63, 3.8) is 0 Å². The van der Waals surface area contributed by atoms with E-state index in [0.717, 1.165) is 44.1 Å². The zero-order valence-corrected chi connectivity index (χ0v) is 23.4. The molecule has 0 unspecified atom stereocenters. The molecule has 14 heteroatoms. The first-order chi connectivity index (χ1) is 19.5. The second-order valence-corrected chi connectivity index (χ2v) is 12.4. The molecular formula is C27H31F3N8O2S. The van der Waals surface area contributed by atoms with Gasteiger partial charge in [-0.3, -0.25) is 0 Å². The Labute approximate surface area is 236 Å². The summed E-state index contributed by atoms with van der Waals surface area (Å²) in [6.07, 6.45) is 4.10. The molecule has 0 bridgehead atoms. The molecule has 1 aromatic carbocycles. The first-order valence-electron chi connectivity index (χ1n) is 13.5. The number of nitriles is 1. The first kappa shape index (κ1) is 29.0. The van der Waals surface area contributed by atoms with Crippen molar-refractivity contribution in [2.24, 2.45) is 0 Å². The Morgan fingerprint density at radius 2 is 1.85 bits per heavy atom. The highest BCUT2D eigenvalue weighted by Crippen LogP contribution is 2.36. The number of nitrogens with zero attached hydrogens (tertiary/aromatic N) is 7. The number of piperidine rings is 1. The van der Waals surface area contributed by atoms with Crippen LogP contribution in [0.1, 0.15) is 42.4 Å². The molecule has 0 radical (unpaired) electrons. The maximum Gasteiger partial charge on any atom is 0.420 e. The third kappa shape index (κ3) is 6.86. The van der Waals surface area contributed by atoms with Gasteiger partial charge in [-0.05, 0) is 62.9 Å². The number of alkyl halides is 3. The summed E-state index contributed by atoms with van der Waals surface area (Å²) in [6.45, 7) is 3.69. The van der Waals surface area contributed by atoms with Crippen LogP contribution in [0.3, 0.4) is 0 Å². The second kappa shape index (κ2) is 11.8. The minimum Gasteiger partial charge on any atom is -0.351 e. The van der Waals surface area contributed by atoms with E-state index in [2.05, 4.69) is 31.2 Å². The molecule has 1 N–H and O–H groups in total. The lowest BCUT2D eigenvalue weighted by molar-refractivity contribution is -0.137. The lowest BCUT2D eigenvalue weighted by Gasteiger charge is -2.30. The van der Waals surface area contributed by atoms with Gasteiger partial charge in [-0.2, -0.15) is 18.4 Å². The Kier molecular flexibility index (Phi) is 8.30. The zero-order chi connectivity index (χ0) is 29.2. The van der Waals surface area contributed by atoms with Crippen LogP contribution >= 0.6 is 0 Å². The number of hydrogen-bond acceptors (Lipinski definition) is 8. The van der Waals surface area contributed by atoms with Crippen LogP contribution in [0.25, 0.3) is 17.1 Å². The van der Waals surface area contributed by atoms with Crippen LogP contribution < -0.4 is 5.32 Å². The highest BCUT2D eigenvalue weighted by molar-refractivity contribution is 7.88. The molecule has 2 aliphatic heterocycles. The Balaban J connectivity index is 1.37. The Bertz CT molecular complexity index is 1540. The highest BCUT2D eigenvalue weighted by atomic mass is 32.2.